The van der Waals surface area contributed by atoms with Gasteiger partial charge in [-0.15, -0.1) is 0 Å². The Balaban J connectivity index is 1.76. The summed E-state index contributed by atoms with van der Waals surface area (Å²) in [7, 11) is 0. The van der Waals surface area contributed by atoms with Gasteiger partial charge < -0.3 is 4.90 Å². The van der Waals surface area contributed by atoms with Crippen LogP contribution in [-0.4, -0.2) is 28.9 Å². The molecule has 2 aliphatic rings. The summed E-state index contributed by atoms with van der Waals surface area (Å²) < 4.78 is 0. The number of carbonyl (C=O) groups is 1. The first-order valence-corrected chi connectivity index (χ1v) is 9.96. The maximum Gasteiger partial charge on any atom is 0.219 e. The molecule has 0 saturated carbocycles. The lowest BCUT2D eigenvalue weighted by Crippen LogP contribution is -2.38. The van der Waals surface area contributed by atoms with Gasteiger partial charge in [0.25, 0.3) is 0 Å². The van der Waals surface area contributed by atoms with E-state index in [1.165, 1.54) is 16.7 Å². The summed E-state index contributed by atoms with van der Waals surface area (Å²) in [5.41, 5.74) is 5.04. The lowest BCUT2D eigenvalue weighted by atomic mass is 9.76. The number of amides is 1. The van der Waals surface area contributed by atoms with Crippen molar-refractivity contribution < 1.29 is 4.79 Å². The van der Waals surface area contributed by atoms with Crippen LogP contribution >= 0.6 is 23.2 Å². The average Bonchev–Trinajstić information content (AvgIpc) is 2.78. The van der Waals surface area contributed by atoms with E-state index in [1.54, 1.807) is 13.1 Å². The first-order valence-electron chi connectivity index (χ1n) is 9.21. The maximum absolute atomic E-state index is 11.7. The molecule has 0 N–H and O–H groups in total. The van der Waals surface area contributed by atoms with Crippen LogP contribution in [0.3, 0.4) is 0 Å². The number of carbonyl (C=O) groups excluding carboxylic acids is 1. The van der Waals surface area contributed by atoms with E-state index in [-0.39, 0.29) is 11.8 Å². The van der Waals surface area contributed by atoms with Crippen LogP contribution in [0.25, 0.3) is 0 Å². The predicted octanol–water partition coefficient (Wildman–Crippen LogP) is 4.88. The molecule has 4 rings (SSSR count). The van der Waals surface area contributed by atoms with Crippen molar-refractivity contribution in [2.75, 3.05) is 13.1 Å². The third-order valence-corrected chi connectivity index (χ3v) is 6.26. The predicted molar refractivity (Wildman–Crippen MR) is 105 cm³/mol. The minimum Gasteiger partial charge on any atom is -0.343 e. The molecule has 1 aromatic heterocycles. The fourth-order valence-electron chi connectivity index (χ4n) is 4.51. The van der Waals surface area contributed by atoms with Gasteiger partial charge in [-0.1, -0.05) is 29.3 Å². The van der Waals surface area contributed by atoms with Crippen molar-refractivity contribution in [3.8, 4) is 0 Å². The third-order valence-electron chi connectivity index (χ3n) is 5.82. The lowest BCUT2D eigenvalue weighted by molar-refractivity contribution is -0.130. The van der Waals surface area contributed by atoms with E-state index in [0.29, 0.717) is 10.9 Å². The Morgan fingerprint density at radius 1 is 1.08 bits per heavy atom. The third kappa shape index (κ3) is 3.35. The van der Waals surface area contributed by atoms with Gasteiger partial charge in [-0.25, -0.2) is 0 Å². The molecule has 1 atom stereocenters. The number of piperidine rings is 1. The van der Waals surface area contributed by atoms with Crippen LogP contribution in [0.15, 0.2) is 30.5 Å². The number of likely N-dealkylation sites (tertiary alicyclic amines) is 1. The van der Waals surface area contributed by atoms with Crippen LogP contribution in [0.4, 0.5) is 0 Å². The number of halogens is 2. The summed E-state index contributed by atoms with van der Waals surface area (Å²) >= 11 is 12.5. The topological polar surface area (TPSA) is 33.2 Å². The van der Waals surface area contributed by atoms with Crippen molar-refractivity contribution in [1.29, 1.82) is 0 Å². The summed E-state index contributed by atoms with van der Waals surface area (Å²) in [5.74, 6) is 0.879. The standard InChI is InChI=1S/C21H22Cl2N2O/c1-13(26)25-8-6-14(7-9-25)20-19-5-4-17(22)10-15(19)2-3-16-11-18(23)12-24-21(16)20/h4-5,10-12,14,20H,2-3,6-9H2,1H3. The monoisotopic (exact) mass is 388 g/mol. The van der Waals surface area contributed by atoms with Crippen molar-refractivity contribution in [1.82, 2.24) is 9.88 Å². The number of aryl methyl sites for hydroxylation is 2. The van der Waals surface area contributed by atoms with E-state index >= 15 is 0 Å². The molecular formula is C21H22Cl2N2O. The zero-order valence-electron chi connectivity index (χ0n) is 14.8. The van der Waals surface area contributed by atoms with Crippen LogP contribution in [0, 0.1) is 5.92 Å². The van der Waals surface area contributed by atoms with Crippen molar-refractivity contribution in [2.45, 2.75) is 38.5 Å². The Morgan fingerprint density at radius 2 is 1.77 bits per heavy atom. The second-order valence-electron chi connectivity index (χ2n) is 7.36. The number of pyridine rings is 1. The van der Waals surface area contributed by atoms with Gasteiger partial charge in [-0.3, -0.25) is 9.78 Å². The Bertz CT molecular complexity index is 790. The molecule has 136 valence electrons. The van der Waals surface area contributed by atoms with E-state index < -0.39 is 0 Å². The SMILES string of the molecule is CC(=O)N1CCC(C2c3ccc(Cl)cc3CCc3cc(Cl)cnc32)CC1. The highest BCUT2D eigenvalue weighted by atomic mass is 35.5. The Kier molecular flexibility index (Phi) is 4.94. The molecule has 1 aliphatic carbocycles. The number of benzene rings is 1. The zero-order valence-corrected chi connectivity index (χ0v) is 16.4. The Labute approximate surface area is 164 Å². The van der Waals surface area contributed by atoms with E-state index in [4.69, 9.17) is 28.2 Å². The molecule has 5 heteroatoms. The molecule has 3 nitrogen and oxygen atoms in total. The largest absolute Gasteiger partial charge is 0.343 e. The molecule has 0 spiro atoms. The molecule has 1 unspecified atom stereocenters. The van der Waals surface area contributed by atoms with Gasteiger partial charge >= 0.3 is 0 Å². The Morgan fingerprint density at radius 3 is 2.50 bits per heavy atom. The number of rotatable bonds is 1. The number of hydrogen-bond acceptors (Lipinski definition) is 2. The van der Waals surface area contributed by atoms with Gasteiger partial charge in [0.15, 0.2) is 0 Å². The molecular weight excluding hydrogens is 367 g/mol. The van der Waals surface area contributed by atoms with Crippen molar-refractivity contribution >= 4 is 29.1 Å². The molecule has 0 radical (unpaired) electrons. The van der Waals surface area contributed by atoms with E-state index in [2.05, 4.69) is 18.2 Å². The molecule has 1 saturated heterocycles. The van der Waals surface area contributed by atoms with Crippen LogP contribution in [0.2, 0.25) is 10.0 Å². The fraction of sp³-hybridized carbons (Fsp3) is 0.429. The highest BCUT2D eigenvalue weighted by Crippen LogP contribution is 2.43. The highest BCUT2D eigenvalue weighted by Gasteiger charge is 2.34. The minimum atomic E-state index is 0.168. The van der Waals surface area contributed by atoms with Gasteiger partial charge in [-0.2, -0.15) is 0 Å². The van der Waals surface area contributed by atoms with Gasteiger partial charge in [0.2, 0.25) is 5.91 Å². The summed E-state index contributed by atoms with van der Waals surface area (Å²) in [6, 6.07) is 8.32. The number of aromatic nitrogens is 1. The van der Waals surface area contributed by atoms with Crippen LogP contribution in [0.5, 0.6) is 0 Å². The molecule has 2 heterocycles. The molecule has 1 aromatic carbocycles. The van der Waals surface area contributed by atoms with Gasteiger partial charge in [0, 0.05) is 37.2 Å². The zero-order chi connectivity index (χ0) is 18.3. The molecule has 1 amide bonds. The van der Waals surface area contributed by atoms with E-state index in [9.17, 15) is 4.79 Å². The molecule has 26 heavy (non-hydrogen) atoms. The fourth-order valence-corrected chi connectivity index (χ4v) is 4.88. The van der Waals surface area contributed by atoms with Crippen LogP contribution < -0.4 is 0 Å². The summed E-state index contributed by atoms with van der Waals surface area (Å²) in [4.78, 5) is 18.4. The minimum absolute atomic E-state index is 0.168. The summed E-state index contributed by atoms with van der Waals surface area (Å²) in [5, 5.41) is 1.48. The number of fused-ring (bicyclic) bond motifs is 2. The van der Waals surface area contributed by atoms with E-state index in [1.807, 2.05) is 11.0 Å². The van der Waals surface area contributed by atoms with Crippen molar-refractivity contribution in [2.24, 2.45) is 5.92 Å². The molecule has 0 bridgehead atoms. The molecule has 1 fully saturated rings. The number of hydrogen-bond donors (Lipinski definition) is 0. The smallest absolute Gasteiger partial charge is 0.219 e. The van der Waals surface area contributed by atoms with Crippen LogP contribution in [-0.2, 0) is 17.6 Å². The molecule has 1 aliphatic heterocycles. The van der Waals surface area contributed by atoms with Gasteiger partial charge in [0.1, 0.15) is 0 Å². The molecule has 2 aromatic rings. The quantitative estimate of drug-likeness (QED) is 0.697. The lowest BCUT2D eigenvalue weighted by Gasteiger charge is -2.36. The number of nitrogens with zero attached hydrogens (tertiary/aromatic N) is 2. The first kappa shape index (κ1) is 17.8. The first-order chi connectivity index (χ1) is 12.5. The second-order valence-corrected chi connectivity index (χ2v) is 8.24. The average molecular weight is 389 g/mol. The Hall–Kier alpha value is -1.58. The van der Waals surface area contributed by atoms with Gasteiger partial charge in [0.05, 0.1) is 10.7 Å². The van der Waals surface area contributed by atoms with Crippen molar-refractivity contribution in [3.05, 3.63) is 62.9 Å². The second kappa shape index (κ2) is 7.21. The summed E-state index contributed by atoms with van der Waals surface area (Å²) in [6.07, 6.45) is 5.64. The maximum atomic E-state index is 11.7. The van der Waals surface area contributed by atoms with Crippen molar-refractivity contribution in [3.63, 3.8) is 0 Å². The highest BCUT2D eigenvalue weighted by molar-refractivity contribution is 6.30. The van der Waals surface area contributed by atoms with E-state index in [0.717, 1.165) is 49.5 Å². The summed E-state index contributed by atoms with van der Waals surface area (Å²) in [6.45, 7) is 3.30. The van der Waals surface area contributed by atoms with Gasteiger partial charge in [-0.05, 0) is 66.5 Å². The normalized spacial score (nSPS) is 20.3. The van der Waals surface area contributed by atoms with Crippen LogP contribution in [0.1, 0.15) is 48.1 Å².